The van der Waals surface area contributed by atoms with Gasteiger partial charge in [0.1, 0.15) is 11.8 Å². The molecule has 1 saturated heterocycles. The van der Waals surface area contributed by atoms with Gasteiger partial charge in [0, 0.05) is 24.9 Å². The second-order valence-electron chi connectivity index (χ2n) is 8.46. The molecule has 0 aliphatic carbocycles. The number of ether oxygens (including phenoxy) is 1. The van der Waals surface area contributed by atoms with Gasteiger partial charge in [0.25, 0.3) is 0 Å². The highest BCUT2D eigenvalue weighted by Crippen LogP contribution is 2.22. The summed E-state index contributed by atoms with van der Waals surface area (Å²) in [5.41, 5.74) is 7.96. The fourth-order valence-corrected chi connectivity index (χ4v) is 3.91. The summed E-state index contributed by atoms with van der Waals surface area (Å²) in [6.07, 6.45) is 4.79. The van der Waals surface area contributed by atoms with Crippen LogP contribution in [0.15, 0.2) is 54.6 Å². The van der Waals surface area contributed by atoms with Crippen LogP contribution in [0.25, 0.3) is 6.08 Å². The molecule has 0 bridgehead atoms. The second kappa shape index (κ2) is 12.0. The lowest BCUT2D eigenvalue weighted by atomic mass is 9.97. The minimum atomic E-state index is -0.727. The Balaban J connectivity index is 1.55. The predicted molar refractivity (Wildman–Crippen MR) is 132 cm³/mol. The number of piperidine rings is 1. The zero-order valence-electron chi connectivity index (χ0n) is 19.6. The Morgan fingerprint density at radius 1 is 1.18 bits per heavy atom. The summed E-state index contributed by atoms with van der Waals surface area (Å²) in [6.45, 7) is 3.73. The SMILES string of the molecule is COc1ccc(/C=C/C(=O)NC(C)C(=O)Nc2ccccc2CN2CCCC(C(N)=O)C2)cc1. The van der Waals surface area contributed by atoms with Crippen molar-refractivity contribution in [1.82, 2.24) is 10.2 Å². The number of benzene rings is 2. The first-order valence-corrected chi connectivity index (χ1v) is 11.4. The van der Waals surface area contributed by atoms with Gasteiger partial charge >= 0.3 is 0 Å². The van der Waals surface area contributed by atoms with Crippen molar-refractivity contribution >= 4 is 29.5 Å². The van der Waals surface area contributed by atoms with Gasteiger partial charge in [0.2, 0.25) is 17.7 Å². The van der Waals surface area contributed by atoms with Gasteiger partial charge in [-0.2, -0.15) is 0 Å². The molecule has 180 valence electrons. The zero-order valence-corrected chi connectivity index (χ0v) is 19.6. The lowest BCUT2D eigenvalue weighted by molar-refractivity contribution is -0.123. The Morgan fingerprint density at radius 3 is 2.62 bits per heavy atom. The molecule has 0 aromatic heterocycles. The summed E-state index contributed by atoms with van der Waals surface area (Å²) < 4.78 is 5.12. The monoisotopic (exact) mass is 464 g/mol. The Morgan fingerprint density at radius 2 is 1.91 bits per heavy atom. The molecular weight excluding hydrogens is 432 g/mol. The number of carbonyl (C=O) groups is 3. The van der Waals surface area contributed by atoms with Crippen LogP contribution in [0.3, 0.4) is 0 Å². The molecule has 1 aliphatic heterocycles. The number of anilines is 1. The smallest absolute Gasteiger partial charge is 0.246 e. The van der Waals surface area contributed by atoms with Crippen LogP contribution >= 0.6 is 0 Å². The van der Waals surface area contributed by atoms with E-state index in [4.69, 9.17) is 10.5 Å². The van der Waals surface area contributed by atoms with E-state index in [0.717, 1.165) is 36.3 Å². The van der Waals surface area contributed by atoms with Gasteiger partial charge in [0.05, 0.1) is 13.0 Å². The van der Waals surface area contributed by atoms with E-state index in [1.54, 1.807) is 20.1 Å². The van der Waals surface area contributed by atoms with E-state index in [0.29, 0.717) is 18.8 Å². The average Bonchev–Trinajstić information content (AvgIpc) is 2.84. The average molecular weight is 465 g/mol. The molecule has 4 N–H and O–H groups in total. The van der Waals surface area contributed by atoms with Gasteiger partial charge in [-0.25, -0.2) is 0 Å². The topological polar surface area (TPSA) is 114 Å². The number of nitrogens with one attached hydrogen (secondary N) is 2. The number of amides is 3. The highest BCUT2D eigenvalue weighted by molar-refractivity contribution is 6.00. The summed E-state index contributed by atoms with van der Waals surface area (Å²) in [6, 6.07) is 14.1. The summed E-state index contributed by atoms with van der Waals surface area (Å²) in [7, 11) is 1.59. The molecule has 8 heteroatoms. The number of nitrogens with two attached hydrogens (primary N) is 1. The zero-order chi connectivity index (χ0) is 24.5. The van der Waals surface area contributed by atoms with Gasteiger partial charge in [0.15, 0.2) is 0 Å². The molecular formula is C26H32N4O4. The first-order chi connectivity index (χ1) is 16.4. The number of hydrogen-bond donors (Lipinski definition) is 3. The molecule has 1 aliphatic rings. The van der Waals surface area contributed by atoms with Crippen LogP contribution in [0.5, 0.6) is 5.75 Å². The van der Waals surface area contributed by atoms with Crippen LogP contribution in [-0.2, 0) is 20.9 Å². The van der Waals surface area contributed by atoms with Crippen molar-refractivity contribution in [1.29, 1.82) is 0 Å². The van der Waals surface area contributed by atoms with E-state index in [-0.39, 0.29) is 23.6 Å². The van der Waals surface area contributed by atoms with Gasteiger partial charge in [-0.1, -0.05) is 30.3 Å². The van der Waals surface area contributed by atoms with Crippen LogP contribution < -0.4 is 21.1 Å². The van der Waals surface area contributed by atoms with E-state index in [2.05, 4.69) is 15.5 Å². The van der Waals surface area contributed by atoms with Crippen LogP contribution in [0.1, 0.15) is 30.9 Å². The first-order valence-electron chi connectivity index (χ1n) is 11.4. The van der Waals surface area contributed by atoms with Crippen molar-refractivity contribution in [3.05, 3.63) is 65.7 Å². The van der Waals surface area contributed by atoms with Crippen LogP contribution in [0.2, 0.25) is 0 Å². The number of likely N-dealkylation sites (tertiary alicyclic amines) is 1. The molecule has 2 unspecified atom stereocenters. The third-order valence-electron chi connectivity index (χ3n) is 5.87. The highest BCUT2D eigenvalue weighted by atomic mass is 16.5. The Hall–Kier alpha value is -3.65. The van der Waals surface area contributed by atoms with E-state index in [1.807, 2.05) is 48.5 Å². The van der Waals surface area contributed by atoms with Gasteiger partial charge in [-0.05, 0) is 61.7 Å². The standard InChI is InChI=1S/C26H32N4O4/c1-18(28-24(31)14-11-19-9-12-22(34-2)13-10-19)26(33)29-23-8-4-3-6-20(23)16-30-15-5-7-21(17-30)25(27)32/h3-4,6,8-14,18,21H,5,7,15-17H2,1-2H3,(H2,27,32)(H,28,31)(H,29,33)/b14-11+. The fourth-order valence-electron chi connectivity index (χ4n) is 3.91. The summed E-state index contributed by atoms with van der Waals surface area (Å²) in [5, 5.41) is 5.60. The molecule has 1 heterocycles. The van der Waals surface area contributed by atoms with Crippen molar-refractivity contribution in [2.75, 3.05) is 25.5 Å². The molecule has 2 atom stereocenters. The molecule has 0 radical (unpaired) electrons. The molecule has 3 amide bonds. The molecule has 2 aromatic rings. The molecule has 8 nitrogen and oxygen atoms in total. The third-order valence-corrected chi connectivity index (χ3v) is 5.87. The van der Waals surface area contributed by atoms with Crippen molar-refractivity contribution in [2.24, 2.45) is 11.7 Å². The van der Waals surface area contributed by atoms with Crippen molar-refractivity contribution < 1.29 is 19.1 Å². The van der Waals surface area contributed by atoms with Crippen LogP contribution in [-0.4, -0.2) is 48.9 Å². The Kier molecular flexibility index (Phi) is 8.81. The quantitative estimate of drug-likeness (QED) is 0.494. The van der Waals surface area contributed by atoms with E-state index >= 15 is 0 Å². The number of methoxy groups -OCH3 is 1. The van der Waals surface area contributed by atoms with Gasteiger partial charge in [-0.3, -0.25) is 19.3 Å². The summed E-state index contributed by atoms with van der Waals surface area (Å²) in [4.78, 5) is 38.8. The minimum Gasteiger partial charge on any atom is -0.497 e. The van der Waals surface area contributed by atoms with E-state index < -0.39 is 6.04 Å². The second-order valence-corrected chi connectivity index (χ2v) is 8.46. The maximum absolute atomic E-state index is 12.7. The van der Waals surface area contributed by atoms with Crippen molar-refractivity contribution in [2.45, 2.75) is 32.4 Å². The van der Waals surface area contributed by atoms with Crippen LogP contribution in [0, 0.1) is 5.92 Å². The molecule has 0 saturated carbocycles. The number of primary amides is 1. The Bertz CT molecular complexity index is 1040. The largest absolute Gasteiger partial charge is 0.497 e. The van der Waals surface area contributed by atoms with Crippen molar-refractivity contribution in [3.8, 4) is 5.75 Å². The number of hydrogen-bond acceptors (Lipinski definition) is 5. The lowest BCUT2D eigenvalue weighted by Gasteiger charge is -2.31. The fraction of sp³-hybridized carbons (Fsp3) is 0.346. The van der Waals surface area contributed by atoms with Crippen LogP contribution in [0.4, 0.5) is 5.69 Å². The molecule has 1 fully saturated rings. The molecule has 3 rings (SSSR count). The number of para-hydroxylation sites is 1. The normalized spacial score (nSPS) is 17.2. The number of nitrogens with zero attached hydrogens (tertiary/aromatic N) is 1. The Labute approximate surface area is 200 Å². The van der Waals surface area contributed by atoms with Crippen molar-refractivity contribution in [3.63, 3.8) is 0 Å². The highest BCUT2D eigenvalue weighted by Gasteiger charge is 2.24. The lowest BCUT2D eigenvalue weighted by Crippen LogP contribution is -2.42. The molecule has 34 heavy (non-hydrogen) atoms. The summed E-state index contributed by atoms with van der Waals surface area (Å²) >= 11 is 0. The maximum atomic E-state index is 12.7. The number of carbonyl (C=O) groups excluding carboxylic acids is 3. The van der Waals surface area contributed by atoms with Gasteiger partial charge in [-0.15, -0.1) is 0 Å². The third kappa shape index (κ3) is 7.18. The number of rotatable bonds is 9. The maximum Gasteiger partial charge on any atom is 0.246 e. The van der Waals surface area contributed by atoms with E-state index in [9.17, 15) is 14.4 Å². The molecule has 2 aromatic carbocycles. The summed E-state index contributed by atoms with van der Waals surface area (Å²) in [5.74, 6) is -0.349. The van der Waals surface area contributed by atoms with E-state index in [1.165, 1.54) is 6.08 Å². The van der Waals surface area contributed by atoms with Gasteiger partial charge < -0.3 is 21.1 Å². The first kappa shape index (κ1) is 25.0. The molecule has 0 spiro atoms. The minimum absolute atomic E-state index is 0.142. The predicted octanol–water partition coefficient (Wildman–Crippen LogP) is 2.55.